The number of aldehydes is 1. The Labute approximate surface area is 134 Å². The Morgan fingerprint density at radius 3 is 2.65 bits per heavy atom. The molecular weight excluding hydrogens is 320 g/mol. The molecule has 3 aromatic rings. The molecule has 2 aromatic carbocycles. The van der Waals surface area contributed by atoms with Crippen molar-refractivity contribution in [2.75, 3.05) is 11.1 Å². The highest BCUT2D eigenvalue weighted by Gasteiger charge is 2.20. The monoisotopic (exact) mass is 331 g/mol. The highest BCUT2D eigenvalue weighted by Crippen LogP contribution is 2.37. The van der Waals surface area contributed by atoms with Crippen molar-refractivity contribution in [2.24, 2.45) is 0 Å². The van der Waals surface area contributed by atoms with Gasteiger partial charge in [0.2, 0.25) is 0 Å². The lowest BCUT2D eigenvalue weighted by Crippen LogP contribution is -2.01. The van der Waals surface area contributed by atoms with Crippen LogP contribution in [0.2, 0.25) is 0 Å². The molecule has 0 radical (unpaired) electrons. The number of benzene rings is 2. The topological polar surface area (TPSA) is 68.0 Å². The normalized spacial score (nSPS) is 10.5. The number of hydrogen-bond donors (Lipinski definition) is 2. The average Bonchev–Trinajstić information content (AvgIpc) is 2.96. The number of carbonyl (C=O) groups excluding carboxylic acids is 1. The van der Waals surface area contributed by atoms with Gasteiger partial charge in [-0.2, -0.15) is 0 Å². The van der Waals surface area contributed by atoms with Gasteiger partial charge in [-0.25, -0.2) is 13.8 Å². The Balaban J connectivity index is 1.99. The van der Waals surface area contributed by atoms with Gasteiger partial charge < -0.3 is 11.1 Å². The third-order valence-electron chi connectivity index (χ3n) is 3.18. The zero-order chi connectivity index (χ0) is 16.4. The van der Waals surface area contributed by atoms with Gasteiger partial charge in [0.05, 0.1) is 16.0 Å². The van der Waals surface area contributed by atoms with Crippen molar-refractivity contribution in [3.63, 3.8) is 0 Å². The minimum Gasteiger partial charge on any atom is -0.398 e. The molecule has 1 heterocycles. The van der Waals surface area contributed by atoms with Crippen LogP contribution < -0.4 is 11.1 Å². The second-order valence-corrected chi connectivity index (χ2v) is 5.72. The number of nitrogen functional groups attached to an aromatic ring is 1. The van der Waals surface area contributed by atoms with Crippen molar-refractivity contribution in [1.29, 1.82) is 0 Å². The van der Waals surface area contributed by atoms with Gasteiger partial charge in [0.15, 0.2) is 11.4 Å². The second kappa shape index (κ2) is 6.13. The molecule has 0 saturated heterocycles. The maximum Gasteiger partial charge on any atom is 0.187 e. The molecule has 0 unspecified atom stereocenters. The standard InChI is InChI=1S/C16H11F2N3OS/c17-11-6-12(19)14(15(18)10(11)8-22)13-7-20-16(23-13)21-9-4-2-1-3-5-9/h1-8H,19H2,(H,20,21). The van der Waals surface area contributed by atoms with Gasteiger partial charge in [-0.05, 0) is 18.2 Å². The Morgan fingerprint density at radius 2 is 1.96 bits per heavy atom. The maximum absolute atomic E-state index is 14.3. The van der Waals surface area contributed by atoms with Crippen molar-refractivity contribution in [3.05, 3.63) is 59.8 Å². The Hall–Kier alpha value is -2.80. The van der Waals surface area contributed by atoms with E-state index in [2.05, 4.69) is 10.3 Å². The van der Waals surface area contributed by atoms with Crippen LogP contribution in [0, 0.1) is 11.6 Å². The molecule has 0 bridgehead atoms. The summed E-state index contributed by atoms with van der Waals surface area (Å²) in [4.78, 5) is 15.4. The number of nitrogens with two attached hydrogens (primary N) is 1. The summed E-state index contributed by atoms with van der Waals surface area (Å²) in [5, 5.41) is 3.60. The molecular formula is C16H11F2N3OS. The predicted octanol–water partition coefficient (Wildman–Crippen LogP) is 4.23. The zero-order valence-corrected chi connectivity index (χ0v) is 12.5. The minimum atomic E-state index is -0.981. The first-order valence-electron chi connectivity index (χ1n) is 6.61. The highest BCUT2D eigenvalue weighted by atomic mass is 32.1. The largest absolute Gasteiger partial charge is 0.398 e. The van der Waals surface area contributed by atoms with Crippen molar-refractivity contribution in [3.8, 4) is 10.4 Å². The van der Waals surface area contributed by atoms with E-state index in [0.717, 1.165) is 23.1 Å². The Kier molecular flexibility index (Phi) is 4.03. The van der Waals surface area contributed by atoms with Gasteiger partial charge in [0, 0.05) is 17.6 Å². The lowest BCUT2D eigenvalue weighted by atomic mass is 10.1. The number of aromatic nitrogens is 1. The van der Waals surface area contributed by atoms with Gasteiger partial charge >= 0.3 is 0 Å². The van der Waals surface area contributed by atoms with E-state index >= 15 is 0 Å². The summed E-state index contributed by atoms with van der Waals surface area (Å²) in [6.45, 7) is 0. The lowest BCUT2D eigenvalue weighted by molar-refractivity contribution is 0.111. The lowest BCUT2D eigenvalue weighted by Gasteiger charge is -2.07. The van der Waals surface area contributed by atoms with Crippen LogP contribution in [0.1, 0.15) is 10.4 Å². The summed E-state index contributed by atoms with van der Waals surface area (Å²) in [6, 6.07) is 10.3. The van der Waals surface area contributed by atoms with Crippen molar-refractivity contribution < 1.29 is 13.6 Å². The van der Waals surface area contributed by atoms with E-state index in [0.29, 0.717) is 10.0 Å². The molecule has 116 valence electrons. The molecule has 0 aliphatic carbocycles. The van der Waals surface area contributed by atoms with Crippen LogP contribution in [0.25, 0.3) is 10.4 Å². The molecule has 23 heavy (non-hydrogen) atoms. The van der Waals surface area contributed by atoms with E-state index in [9.17, 15) is 13.6 Å². The predicted molar refractivity (Wildman–Crippen MR) is 87.0 cm³/mol. The summed E-state index contributed by atoms with van der Waals surface area (Å²) < 4.78 is 27.8. The number of nitrogens with one attached hydrogen (secondary N) is 1. The van der Waals surface area contributed by atoms with Crippen LogP contribution in [0.3, 0.4) is 0 Å². The number of hydrogen-bond acceptors (Lipinski definition) is 5. The molecule has 7 heteroatoms. The fourth-order valence-electron chi connectivity index (χ4n) is 2.10. The minimum absolute atomic E-state index is 0.0212. The highest BCUT2D eigenvalue weighted by molar-refractivity contribution is 7.19. The molecule has 0 aliphatic heterocycles. The van der Waals surface area contributed by atoms with Gasteiger partial charge in [0.25, 0.3) is 0 Å². The maximum atomic E-state index is 14.3. The summed E-state index contributed by atoms with van der Waals surface area (Å²) >= 11 is 1.15. The molecule has 0 atom stereocenters. The molecule has 3 rings (SSSR count). The van der Waals surface area contributed by atoms with Crippen LogP contribution in [-0.4, -0.2) is 11.3 Å². The number of rotatable bonds is 4. The molecule has 0 saturated carbocycles. The van der Waals surface area contributed by atoms with Crippen LogP contribution in [0.5, 0.6) is 0 Å². The van der Waals surface area contributed by atoms with E-state index in [1.807, 2.05) is 30.3 Å². The van der Waals surface area contributed by atoms with Gasteiger partial charge in [-0.3, -0.25) is 4.79 Å². The first-order valence-corrected chi connectivity index (χ1v) is 7.42. The summed E-state index contributed by atoms with van der Waals surface area (Å²) in [5.74, 6) is -1.96. The number of carbonyl (C=O) groups is 1. The van der Waals surface area contributed by atoms with Gasteiger partial charge in [-0.1, -0.05) is 29.5 Å². The first kappa shape index (κ1) is 15.1. The molecule has 0 spiro atoms. The number of thiazole rings is 1. The third-order valence-corrected chi connectivity index (χ3v) is 4.11. The fraction of sp³-hybridized carbons (Fsp3) is 0. The van der Waals surface area contributed by atoms with E-state index in [4.69, 9.17) is 5.73 Å². The van der Waals surface area contributed by atoms with Crippen LogP contribution in [0.4, 0.5) is 25.3 Å². The van der Waals surface area contributed by atoms with Crippen molar-refractivity contribution in [1.82, 2.24) is 4.98 Å². The number of nitrogens with zero attached hydrogens (tertiary/aromatic N) is 1. The number of halogens is 2. The summed E-state index contributed by atoms with van der Waals surface area (Å²) in [6.07, 6.45) is 1.56. The fourth-order valence-corrected chi connectivity index (χ4v) is 3.00. The molecule has 1 aromatic heterocycles. The summed E-state index contributed by atoms with van der Waals surface area (Å²) in [7, 11) is 0. The SMILES string of the molecule is Nc1cc(F)c(C=O)c(F)c1-c1cnc(Nc2ccccc2)s1. The first-order chi connectivity index (χ1) is 11.1. The molecule has 0 fully saturated rings. The smallest absolute Gasteiger partial charge is 0.187 e. The van der Waals surface area contributed by atoms with E-state index < -0.39 is 17.2 Å². The van der Waals surface area contributed by atoms with E-state index in [1.165, 1.54) is 6.20 Å². The molecule has 4 nitrogen and oxygen atoms in total. The van der Waals surface area contributed by atoms with E-state index in [1.54, 1.807) is 0 Å². The second-order valence-electron chi connectivity index (χ2n) is 4.69. The molecule has 0 aliphatic rings. The molecule has 3 N–H and O–H groups in total. The zero-order valence-electron chi connectivity index (χ0n) is 11.7. The van der Waals surface area contributed by atoms with Crippen molar-refractivity contribution >= 4 is 34.1 Å². The Morgan fingerprint density at radius 1 is 1.22 bits per heavy atom. The molecule has 0 amide bonds. The van der Waals surface area contributed by atoms with E-state index in [-0.39, 0.29) is 17.5 Å². The Bertz CT molecular complexity index is 865. The van der Waals surface area contributed by atoms with Crippen LogP contribution in [-0.2, 0) is 0 Å². The summed E-state index contributed by atoms with van der Waals surface area (Å²) in [5.41, 5.74) is 5.79. The average molecular weight is 331 g/mol. The number of anilines is 3. The quantitative estimate of drug-likeness (QED) is 0.555. The van der Waals surface area contributed by atoms with Gasteiger partial charge in [-0.15, -0.1) is 0 Å². The van der Waals surface area contributed by atoms with Gasteiger partial charge in [0.1, 0.15) is 11.6 Å². The van der Waals surface area contributed by atoms with Crippen molar-refractivity contribution in [2.45, 2.75) is 0 Å². The van der Waals surface area contributed by atoms with Crippen LogP contribution in [0.15, 0.2) is 42.6 Å². The number of para-hydroxylation sites is 1. The van der Waals surface area contributed by atoms with Crippen LogP contribution >= 0.6 is 11.3 Å². The third kappa shape index (κ3) is 2.91.